The lowest BCUT2D eigenvalue weighted by molar-refractivity contribution is -0.117. The third-order valence-electron chi connectivity index (χ3n) is 4.58. The number of hydrogen-bond acceptors (Lipinski definition) is 5. The molecule has 8 nitrogen and oxygen atoms in total. The van der Waals surface area contributed by atoms with Crippen LogP contribution in [-0.2, 0) is 17.4 Å². The first-order valence-corrected chi connectivity index (χ1v) is 9.22. The average Bonchev–Trinajstić information content (AvgIpc) is 3.34. The van der Waals surface area contributed by atoms with Gasteiger partial charge in [0.2, 0.25) is 0 Å². The quantitative estimate of drug-likeness (QED) is 0.511. The maximum Gasteiger partial charge on any atom is 0.293 e. The van der Waals surface area contributed by atoms with Crippen LogP contribution in [0.25, 0.3) is 0 Å². The molecule has 0 aliphatic carbocycles. The van der Waals surface area contributed by atoms with E-state index in [1.165, 1.54) is 6.20 Å². The number of aryl methyl sites for hydroxylation is 1. The monoisotopic (exact) mass is 395 g/mol. The van der Waals surface area contributed by atoms with Crippen molar-refractivity contribution in [3.05, 3.63) is 66.0 Å². The van der Waals surface area contributed by atoms with Crippen molar-refractivity contribution in [2.24, 2.45) is 7.05 Å². The highest BCUT2D eigenvalue weighted by atomic mass is 16.5. The lowest BCUT2D eigenvalue weighted by Crippen LogP contribution is -2.36. The number of ether oxygens (including phenoxy) is 1. The number of aromatic nitrogens is 4. The number of carbonyl (C=O) groups is 2. The molecule has 2 heterocycles. The second-order valence-electron chi connectivity index (χ2n) is 7.75. The topological polar surface area (TPSA) is 91.0 Å². The smallest absolute Gasteiger partial charge is 0.293 e. The molecule has 1 amide bonds. The van der Waals surface area contributed by atoms with Gasteiger partial charge in [0.15, 0.2) is 0 Å². The van der Waals surface area contributed by atoms with Crippen LogP contribution in [0.5, 0.6) is 5.75 Å². The summed E-state index contributed by atoms with van der Waals surface area (Å²) < 4.78 is 8.66. The highest BCUT2D eigenvalue weighted by Gasteiger charge is 2.26. The molecule has 0 spiro atoms. The molecule has 0 unspecified atom stereocenters. The molecular formula is C21H25N5O3. The Bertz CT molecular complexity index is 1010. The van der Waals surface area contributed by atoms with E-state index in [9.17, 15) is 9.59 Å². The van der Waals surface area contributed by atoms with Crippen LogP contribution in [0.15, 0.2) is 49.1 Å². The maximum absolute atomic E-state index is 12.8. The van der Waals surface area contributed by atoms with Gasteiger partial charge in [-0.25, -0.2) is 4.98 Å². The molecule has 1 aromatic carbocycles. The van der Waals surface area contributed by atoms with E-state index in [2.05, 4.69) is 15.4 Å². The molecule has 1 atom stereocenters. The second-order valence-corrected chi connectivity index (χ2v) is 7.75. The van der Waals surface area contributed by atoms with Gasteiger partial charge in [0.25, 0.3) is 11.7 Å². The van der Waals surface area contributed by atoms with E-state index in [-0.39, 0.29) is 11.1 Å². The van der Waals surface area contributed by atoms with Crippen LogP contribution in [0.1, 0.15) is 48.6 Å². The highest BCUT2D eigenvalue weighted by molar-refractivity contribution is 6.42. The fourth-order valence-electron chi connectivity index (χ4n) is 2.88. The summed E-state index contributed by atoms with van der Waals surface area (Å²) in [5.41, 5.74) is 0.741. The number of imidazole rings is 1. The lowest BCUT2D eigenvalue weighted by atomic mass is 10.0. The molecule has 8 heteroatoms. The lowest BCUT2D eigenvalue weighted by Gasteiger charge is -2.19. The number of hydrogen-bond donors (Lipinski definition) is 1. The normalized spacial score (nSPS) is 12.4. The minimum absolute atomic E-state index is 0.241. The van der Waals surface area contributed by atoms with Gasteiger partial charge in [-0.3, -0.25) is 14.3 Å². The van der Waals surface area contributed by atoms with Crippen molar-refractivity contribution in [3.63, 3.8) is 0 Å². The zero-order chi connectivity index (χ0) is 21.2. The molecule has 3 rings (SSSR count). The van der Waals surface area contributed by atoms with E-state index in [1.54, 1.807) is 47.1 Å². The molecule has 0 saturated heterocycles. The molecule has 0 aliphatic heterocycles. The molecule has 152 valence electrons. The van der Waals surface area contributed by atoms with Crippen LogP contribution < -0.4 is 10.1 Å². The molecule has 0 aliphatic rings. The molecule has 0 fully saturated rings. The van der Waals surface area contributed by atoms with Crippen LogP contribution in [0.3, 0.4) is 0 Å². The summed E-state index contributed by atoms with van der Waals surface area (Å²) in [4.78, 5) is 29.8. The number of carbonyl (C=O) groups excluding carboxylic acids is 2. The Kier molecular flexibility index (Phi) is 5.54. The van der Waals surface area contributed by atoms with E-state index < -0.39 is 17.7 Å². The largest absolute Gasteiger partial charge is 0.497 e. The third kappa shape index (κ3) is 4.37. The number of methoxy groups -OCH3 is 1. The molecule has 0 bridgehead atoms. The zero-order valence-corrected chi connectivity index (χ0v) is 17.2. The van der Waals surface area contributed by atoms with Crippen molar-refractivity contribution in [2.75, 3.05) is 7.11 Å². The Morgan fingerprint density at radius 2 is 1.86 bits per heavy atom. The first-order valence-electron chi connectivity index (χ1n) is 9.22. The van der Waals surface area contributed by atoms with Gasteiger partial charge < -0.3 is 14.6 Å². The molecule has 1 N–H and O–H groups in total. The van der Waals surface area contributed by atoms with Crippen molar-refractivity contribution in [3.8, 4) is 5.75 Å². The Morgan fingerprint density at radius 1 is 1.17 bits per heavy atom. The minimum Gasteiger partial charge on any atom is -0.497 e. The van der Waals surface area contributed by atoms with Gasteiger partial charge in [-0.2, -0.15) is 5.10 Å². The standard InChI is InChI=1S/C21H25N5O3/c1-21(2,3)26-13-15(12-23-26)18(27)20(28)24-17(19-22-10-11-25(19)4)14-6-8-16(29-5)9-7-14/h6-13,17H,1-5H3,(H,24,28)/t17-/m1/s1. The van der Waals surface area contributed by atoms with Crippen molar-refractivity contribution in [1.29, 1.82) is 0 Å². The first-order chi connectivity index (χ1) is 13.7. The highest BCUT2D eigenvalue weighted by Crippen LogP contribution is 2.23. The first kappa shape index (κ1) is 20.3. The summed E-state index contributed by atoms with van der Waals surface area (Å²) in [7, 11) is 3.42. The van der Waals surface area contributed by atoms with Crippen LogP contribution in [0.4, 0.5) is 0 Å². The van der Waals surface area contributed by atoms with Gasteiger partial charge >= 0.3 is 0 Å². The third-order valence-corrected chi connectivity index (χ3v) is 4.58. The number of ketones is 1. The molecule has 0 radical (unpaired) electrons. The van der Waals surface area contributed by atoms with Gasteiger partial charge in [0.1, 0.15) is 17.6 Å². The summed E-state index contributed by atoms with van der Waals surface area (Å²) >= 11 is 0. The number of nitrogens with one attached hydrogen (secondary N) is 1. The van der Waals surface area contributed by atoms with E-state index in [0.29, 0.717) is 11.6 Å². The Morgan fingerprint density at radius 3 is 2.38 bits per heavy atom. The molecule has 0 saturated carbocycles. The van der Waals surface area contributed by atoms with Gasteiger partial charge in [0, 0.05) is 25.6 Å². The summed E-state index contributed by atoms with van der Waals surface area (Å²) in [6.45, 7) is 5.90. The van der Waals surface area contributed by atoms with E-state index in [4.69, 9.17) is 4.74 Å². The molecular weight excluding hydrogens is 370 g/mol. The zero-order valence-electron chi connectivity index (χ0n) is 17.2. The van der Waals surface area contributed by atoms with Crippen LogP contribution >= 0.6 is 0 Å². The number of amides is 1. The Balaban J connectivity index is 1.87. The van der Waals surface area contributed by atoms with E-state index >= 15 is 0 Å². The Hall–Kier alpha value is -3.42. The van der Waals surface area contributed by atoms with Gasteiger partial charge in [-0.05, 0) is 38.5 Å². The van der Waals surface area contributed by atoms with Crippen LogP contribution in [-0.4, -0.2) is 38.1 Å². The van der Waals surface area contributed by atoms with Crippen molar-refractivity contribution >= 4 is 11.7 Å². The van der Waals surface area contributed by atoms with Crippen molar-refractivity contribution < 1.29 is 14.3 Å². The SMILES string of the molecule is COc1ccc([C@@H](NC(=O)C(=O)c2cnn(C(C)(C)C)c2)c2nccn2C)cc1. The number of nitrogens with zero attached hydrogens (tertiary/aromatic N) is 4. The second kappa shape index (κ2) is 7.90. The Labute approximate surface area is 169 Å². The van der Waals surface area contributed by atoms with E-state index in [1.807, 2.05) is 40.0 Å². The molecule has 3 aromatic rings. The van der Waals surface area contributed by atoms with Gasteiger partial charge in [0.05, 0.1) is 24.4 Å². The maximum atomic E-state index is 12.8. The van der Waals surface area contributed by atoms with E-state index in [0.717, 1.165) is 5.56 Å². The van der Waals surface area contributed by atoms with Crippen molar-refractivity contribution in [2.45, 2.75) is 32.4 Å². The predicted molar refractivity (Wildman–Crippen MR) is 108 cm³/mol. The van der Waals surface area contributed by atoms with Crippen LogP contribution in [0.2, 0.25) is 0 Å². The minimum atomic E-state index is -0.720. The number of Topliss-reactive ketones (excluding diaryl/α,β-unsaturated/α-hetero) is 1. The van der Waals surface area contributed by atoms with Crippen molar-refractivity contribution in [1.82, 2.24) is 24.6 Å². The predicted octanol–water partition coefficient (Wildman–Crippen LogP) is 2.47. The fourth-order valence-corrected chi connectivity index (χ4v) is 2.88. The van der Waals surface area contributed by atoms with Gasteiger partial charge in [-0.15, -0.1) is 0 Å². The molecule has 29 heavy (non-hydrogen) atoms. The number of benzene rings is 1. The number of rotatable bonds is 6. The molecule has 2 aromatic heterocycles. The summed E-state index contributed by atoms with van der Waals surface area (Å²) in [5, 5.41) is 7.01. The average molecular weight is 395 g/mol. The van der Waals surface area contributed by atoms with Gasteiger partial charge in [-0.1, -0.05) is 12.1 Å². The van der Waals surface area contributed by atoms with Crippen LogP contribution in [0, 0.1) is 0 Å². The summed E-state index contributed by atoms with van der Waals surface area (Å²) in [6.07, 6.45) is 6.43. The summed E-state index contributed by atoms with van der Waals surface area (Å²) in [6, 6.07) is 6.68. The summed E-state index contributed by atoms with van der Waals surface area (Å²) in [5.74, 6) is -0.0541. The fraction of sp³-hybridized carbons (Fsp3) is 0.333.